The highest BCUT2D eigenvalue weighted by molar-refractivity contribution is 7.86. The Bertz CT molecular complexity index is 995. The summed E-state index contributed by atoms with van der Waals surface area (Å²) in [6, 6.07) is 16.6. The molecule has 1 aliphatic rings. The molecule has 1 aliphatic heterocycles. The maximum atomic E-state index is 12.8. The summed E-state index contributed by atoms with van der Waals surface area (Å²) in [5, 5.41) is 0. The second kappa shape index (κ2) is 15.6. The van der Waals surface area contributed by atoms with Crippen LogP contribution >= 0.6 is 0 Å². The lowest BCUT2D eigenvalue weighted by molar-refractivity contribution is -0.217. The summed E-state index contributed by atoms with van der Waals surface area (Å²) in [6.07, 6.45) is 2.75. The minimum atomic E-state index is -3.90. The zero-order chi connectivity index (χ0) is 26.5. The van der Waals surface area contributed by atoms with Crippen molar-refractivity contribution in [3.05, 3.63) is 65.7 Å². The quantitative estimate of drug-likeness (QED) is 0.213. The summed E-state index contributed by atoms with van der Waals surface area (Å²) in [5.74, 6) is -0.297. The zero-order valence-corrected chi connectivity index (χ0v) is 23.2. The molecule has 1 saturated heterocycles. The Hall–Kier alpha value is -1.81. The lowest BCUT2D eigenvalue weighted by atomic mass is 9.92. The largest absolute Gasteiger partial charge is 0.375 e. The van der Waals surface area contributed by atoms with Crippen LogP contribution in [0.1, 0.15) is 50.7 Å². The first-order valence-corrected chi connectivity index (χ1v) is 14.8. The van der Waals surface area contributed by atoms with Gasteiger partial charge in [0.15, 0.2) is 0 Å². The van der Waals surface area contributed by atoms with Crippen molar-refractivity contribution in [1.29, 1.82) is 0 Å². The molecular formula is C29H42O7S. The highest BCUT2D eigenvalue weighted by atomic mass is 32.2. The molecule has 37 heavy (non-hydrogen) atoms. The van der Waals surface area contributed by atoms with Gasteiger partial charge in [-0.15, -0.1) is 0 Å². The third-order valence-corrected chi connectivity index (χ3v) is 7.73. The van der Waals surface area contributed by atoms with Gasteiger partial charge in [-0.3, -0.25) is 4.18 Å². The third-order valence-electron chi connectivity index (χ3n) is 6.44. The number of unbranched alkanes of at least 4 members (excludes halogenated alkanes) is 2. The summed E-state index contributed by atoms with van der Waals surface area (Å²) in [7, 11) is -3.90. The molecule has 206 valence electrons. The Labute approximate surface area is 222 Å². The molecule has 0 saturated carbocycles. The monoisotopic (exact) mass is 534 g/mol. The molecule has 0 radical (unpaired) electrons. The van der Waals surface area contributed by atoms with Crippen LogP contribution in [0.5, 0.6) is 0 Å². The molecular weight excluding hydrogens is 492 g/mol. The van der Waals surface area contributed by atoms with Crippen molar-refractivity contribution < 1.29 is 31.5 Å². The molecule has 1 heterocycles. The second-order valence-corrected chi connectivity index (χ2v) is 11.2. The average molecular weight is 535 g/mol. The summed E-state index contributed by atoms with van der Waals surface area (Å²) in [6.45, 7) is 8.36. The fourth-order valence-corrected chi connectivity index (χ4v) is 5.14. The fraction of sp³-hybridized carbons (Fsp3) is 0.586. The Kier molecular flexibility index (Phi) is 12.5. The lowest BCUT2D eigenvalue weighted by Crippen LogP contribution is -2.55. The van der Waals surface area contributed by atoms with Crippen molar-refractivity contribution in [2.75, 3.05) is 33.0 Å². The zero-order valence-electron chi connectivity index (χ0n) is 22.3. The fourth-order valence-electron chi connectivity index (χ4n) is 4.18. The van der Waals surface area contributed by atoms with Crippen LogP contribution in [0.25, 0.3) is 0 Å². The van der Waals surface area contributed by atoms with E-state index in [1.165, 1.54) is 0 Å². The molecule has 4 atom stereocenters. The van der Waals surface area contributed by atoms with Crippen molar-refractivity contribution in [2.24, 2.45) is 5.92 Å². The van der Waals surface area contributed by atoms with Gasteiger partial charge >= 0.3 is 0 Å². The van der Waals surface area contributed by atoms with Crippen molar-refractivity contribution in [2.45, 2.75) is 76.3 Å². The molecule has 0 amide bonds. The molecule has 0 bridgehead atoms. The van der Waals surface area contributed by atoms with Crippen LogP contribution < -0.4 is 0 Å². The minimum Gasteiger partial charge on any atom is -0.375 e. The van der Waals surface area contributed by atoms with E-state index in [-0.39, 0.29) is 35.7 Å². The maximum absolute atomic E-state index is 12.8. The smallest absolute Gasteiger partial charge is 0.296 e. The van der Waals surface area contributed by atoms with E-state index in [4.69, 9.17) is 23.1 Å². The van der Waals surface area contributed by atoms with E-state index in [1.54, 1.807) is 24.3 Å². The van der Waals surface area contributed by atoms with Crippen molar-refractivity contribution in [3.63, 3.8) is 0 Å². The van der Waals surface area contributed by atoms with E-state index >= 15 is 0 Å². The predicted molar refractivity (Wildman–Crippen MR) is 143 cm³/mol. The normalized spacial score (nSPS) is 22.2. The molecule has 0 unspecified atom stereocenters. The SMILES string of the molecule is CCCCO[C@@H]1[C@H](COS(=O)(=O)c2ccc(C)cc2)CO[C@H](COCc2ccccc2)[C@@H]1OCCCC. The van der Waals surface area contributed by atoms with Crippen molar-refractivity contribution in [1.82, 2.24) is 0 Å². The number of benzene rings is 2. The first-order chi connectivity index (χ1) is 17.9. The van der Waals surface area contributed by atoms with Crippen molar-refractivity contribution >= 4 is 10.1 Å². The Balaban J connectivity index is 1.70. The highest BCUT2D eigenvalue weighted by Gasteiger charge is 2.43. The second-order valence-electron chi connectivity index (χ2n) is 9.56. The third kappa shape index (κ3) is 9.46. The van der Waals surface area contributed by atoms with Gasteiger partial charge in [0.25, 0.3) is 10.1 Å². The van der Waals surface area contributed by atoms with Gasteiger partial charge in [-0.2, -0.15) is 8.42 Å². The Morgan fingerprint density at radius 1 is 0.865 bits per heavy atom. The van der Waals surface area contributed by atoms with E-state index in [1.807, 2.05) is 37.3 Å². The lowest BCUT2D eigenvalue weighted by Gasteiger charge is -2.42. The number of hydrogen-bond donors (Lipinski definition) is 0. The molecule has 8 heteroatoms. The van der Waals surface area contributed by atoms with Gasteiger partial charge in [0.1, 0.15) is 12.2 Å². The summed E-state index contributed by atoms with van der Waals surface area (Å²) >= 11 is 0. The molecule has 3 rings (SSSR count). The van der Waals surface area contributed by atoms with Gasteiger partial charge in [-0.05, 0) is 37.5 Å². The predicted octanol–water partition coefficient (Wildman–Crippen LogP) is 5.30. The topological polar surface area (TPSA) is 80.3 Å². The number of rotatable bonds is 16. The highest BCUT2D eigenvalue weighted by Crippen LogP contribution is 2.28. The van der Waals surface area contributed by atoms with Crippen LogP contribution in [0.3, 0.4) is 0 Å². The Morgan fingerprint density at radius 2 is 1.51 bits per heavy atom. The molecule has 1 fully saturated rings. The molecule has 7 nitrogen and oxygen atoms in total. The minimum absolute atomic E-state index is 0.0434. The van der Waals surface area contributed by atoms with Crippen LogP contribution in [0.15, 0.2) is 59.5 Å². The van der Waals surface area contributed by atoms with E-state index in [9.17, 15) is 8.42 Å². The Morgan fingerprint density at radius 3 is 2.16 bits per heavy atom. The van der Waals surface area contributed by atoms with E-state index < -0.39 is 10.1 Å². The number of aryl methyl sites for hydroxylation is 1. The van der Waals surface area contributed by atoms with Gasteiger partial charge < -0.3 is 18.9 Å². The van der Waals surface area contributed by atoms with Crippen molar-refractivity contribution in [3.8, 4) is 0 Å². The van der Waals surface area contributed by atoms with E-state index in [2.05, 4.69) is 13.8 Å². The van der Waals surface area contributed by atoms with Crippen LogP contribution in [0.2, 0.25) is 0 Å². The summed E-state index contributed by atoms with van der Waals surface area (Å²) in [5.41, 5.74) is 2.07. The molecule has 0 aromatic heterocycles. The van der Waals surface area contributed by atoms with Gasteiger partial charge in [-0.25, -0.2) is 0 Å². The molecule has 0 N–H and O–H groups in total. The molecule has 0 aliphatic carbocycles. The van der Waals surface area contributed by atoms with Gasteiger partial charge in [0.05, 0.1) is 37.4 Å². The average Bonchev–Trinajstić information content (AvgIpc) is 2.90. The maximum Gasteiger partial charge on any atom is 0.296 e. The van der Waals surface area contributed by atoms with Gasteiger partial charge in [0, 0.05) is 19.1 Å². The molecule has 2 aromatic carbocycles. The number of ether oxygens (including phenoxy) is 4. The van der Waals surface area contributed by atoms with Gasteiger partial charge in [0.2, 0.25) is 0 Å². The molecule has 0 spiro atoms. The van der Waals surface area contributed by atoms with E-state index in [0.717, 1.165) is 36.8 Å². The van der Waals surface area contributed by atoms with Crippen LogP contribution in [0, 0.1) is 12.8 Å². The van der Waals surface area contributed by atoms with Crippen LogP contribution in [-0.2, 0) is 39.9 Å². The standard InChI is InChI=1S/C29H42O7S/c1-4-6-17-33-28-25(21-36-37(30,31)26-15-13-23(3)14-16-26)20-35-27(29(28)34-18-7-5-2)22-32-19-24-11-9-8-10-12-24/h8-16,25,27-29H,4-7,17-22H2,1-3H3/t25-,27+,28+,29-/m0/s1. The first kappa shape index (κ1) is 29.7. The first-order valence-electron chi connectivity index (χ1n) is 13.4. The van der Waals surface area contributed by atoms with E-state index in [0.29, 0.717) is 33.0 Å². The summed E-state index contributed by atoms with van der Waals surface area (Å²) in [4.78, 5) is 0.140. The van der Waals surface area contributed by atoms with Crippen LogP contribution in [0.4, 0.5) is 0 Å². The number of hydrogen-bond acceptors (Lipinski definition) is 7. The molecule has 2 aromatic rings. The summed E-state index contributed by atoms with van der Waals surface area (Å²) < 4.78 is 56.0. The van der Waals surface area contributed by atoms with Crippen LogP contribution in [-0.4, -0.2) is 59.8 Å². The van der Waals surface area contributed by atoms with Gasteiger partial charge in [-0.1, -0.05) is 74.7 Å².